The number of rotatable bonds is 28. The zero-order valence-electron chi connectivity index (χ0n) is 29.1. The molecule has 0 aromatic carbocycles. The van der Waals surface area contributed by atoms with Crippen molar-refractivity contribution in [3.8, 4) is 0 Å². The van der Waals surface area contributed by atoms with Gasteiger partial charge in [-0.15, -0.1) is 0 Å². The minimum Gasteiger partial charge on any atom is -0.394 e. The number of carbonyl (C=O) groups is 1. The molecule has 1 fully saturated rings. The summed E-state index contributed by atoms with van der Waals surface area (Å²) >= 11 is 0. The largest absolute Gasteiger partial charge is 0.394 e. The second kappa shape index (κ2) is 28.2. The summed E-state index contributed by atoms with van der Waals surface area (Å²) in [5.41, 5.74) is 0. The Morgan fingerprint density at radius 3 is 1.87 bits per heavy atom. The fourth-order valence-electron chi connectivity index (χ4n) is 5.41. The zero-order chi connectivity index (χ0) is 34.7. The third-order valence-electron chi connectivity index (χ3n) is 8.55. The summed E-state index contributed by atoms with van der Waals surface area (Å²) in [6.45, 7) is 3.46. The average molecular weight is 670 g/mol. The van der Waals surface area contributed by atoms with Gasteiger partial charge < -0.3 is 45.4 Å². The Kier molecular flexibility index (Phi) is 26.1. The molecule has 0 aliphatic carbocycles. The molecule has 47 heavy (non-hydrogen) atoms. The maximum Gasteiger partial charge on any atom is 0.249 e. The zero-order valence-corrected chi connectivity index (χ0v) is 29.1. The molecule has 274 valence electrons. The highest BCUT2D eigenvalue weighted by Crippen LogP contribution is 2.22. The minimum atomic E-state index is -1.62. The number of nitrogens with one attached hydrogen (secondary N) is 1. The monoisotopic (exact) mass is 669 g/mol. The molecule has 10 nitrogen and oxygen atoms in total. The maximum absolute atomic E-state index is 12.8. The Morgan fingerprint density at radius 2 is 1.26 bits per heavy atom. The molecule has 10 heteroatoms. The Labute approximate surface area is 284 Å². The summed E-state index contributed by atoms with van der Waals surface area (Å²) in [6, 6.07) is -1.01. The number of amides is 1. The van der Waals surface area contributed by atoms with Crippen LogP contribution < -0.4 is 5.32 Å². The molecular weight excluding hydrogens is 602 g/mol. The molecule has 8 atom stereocenters. The number of hydrogen-bond acceptors (Lipinski definition) is 9. The summed E-state index contributed by atoms with van der Waals surface area (Å²) in [7, 11) is 0. The summed E-state index contributed by atoms with van der Waals surface area (Å²) in [5.74, 6) is -0.667. The molecule has 1 aliphatic heterocycles. The molecule has 8 unspecified atom stereocenters. The summed E-state index contributed by atoms with van der Waals surface area (Å²) in [5, 5.41) is 64.0. The first-order chi connectivity index (χ1) is 22.8. The molecular formula is C37H67NO9. The summed E-state index contributed by atoms with van der Waals surface area (Å²) in [6.07, 6.45) is 21.2. The van der Waals surface area contributed by atoms with Gasteiger partial charge in [-0.05, 0) is 51.4 Å². The van der Waals surface area contributed by atoms with Gasteiger partial charge in [-0.3, -0.25) is 4.79 Å². The highest BCUT2D eigenvalue weighted by atomic mass is 16.7. The van der Waals surface area contributed by atoms with Crippen LogP contribution in [0.3, 0.4) is 0 Å². The first-order valence-electron chi connectivity index (χ1n) is 18.3. The molecule has 7 N–H and O–H groups in total. The van der Waals surface area contributed by atoms with Crippen LogP contribution in [0.1, 0.15) is 129 Å². The highest BCUT2D eigenvalue weighted by Gasteiger charge is 2.44. The predicted molar refractivity (Wildman–Crippen MR) is 186 cm³/mol. The lowest BCUT2D eigenvalue weighted by Gasteiger charge is -2.40. The molecule has 1 rings (SSSR count). The van der Waals surface area contributed by atoms with Gasteiger partial charge in [0.1, 0.15) is 30.5 Å². The fraction of sp³-hybridized carbons (Fsp3) is 0.811. The topological polar surface area (TPSA) is 169 Å². The van der Waals surface area contributed by atoms with Crippen molar-refractivity contribution in [2.45, 2.75) is 178 Å². The van der Waals surface area contributed by atoms with E-state index in [-0.39, 0.29) is 13.0 Å². The number of ether oxygens (including phenoxy) is 2. The van der Waals surface area contributed by atoms with Gasteiger partial charge in [0.15, 0.2) is 6.29 Å². The minimum absolute atomic E-state index is 0.217. The standard InChI is InChI=1S/C37H67NO9/c1-3-5-7-9-11-13-14-15-16-17-18-20-21-23-25-30(40)29(28-46-37-35(44)34(43)33(42)32(27-39)47-37)38-36(45)31(41)26-24-22-19-12-10-8-6-4-2/h17-19,22-23,25,29-35,37,39-44H,3-16,20-21,24,26-28H2,1-2H3,(H,38,45)/b18-17+,22-19-,25-23+. The number of hydrogen-bond donors (Lipinski definition) is 7. The van der Waals surface area contributed by atoms with E-state index in [4.69, 9.17) is 9.47 Å². The maximum atomic E-state index is 12.8. The molecule has 1 heterocycles. The highest BCUT2D eigenvalue weighted by molar-refractivity contribution is 5.80. The molecule has 1 aliphatic rings. The lowest BCUT2D eigenvalue weighted by molar-refractivity contribution is -0.302. The van der Waals surface area contributed by atoms with Crippen molar-refractivity contribution < 1.29 is 44.9 Å². The number of unbranched alkanes of at least 4 members (excludes halogenated alkanes) is 13. The van der Waals surface area contributed by atoms with E-state index in [0.29, 0.717) is 12.8 Å². The quantitative estimate of drug-likeness (QED) is 0.0460. The molecule has 0 bridgehead atoms. The Hall–Kier alpha value is -1.63. The van der Waals surface area contributed by atoms with Crippen LogP contribution in [0.25, 0.3) is 0 Å². The van der Waals surface area contributed by atoms with E-state index in [9.17, 15) is 35.4 Å². The smallest absolute Gasteiger partial charge is 0.249 e. The van der Waals surface area contributed by atoms with Gasteiger partial charge in [0, 0.05) is 0 Å². The summed E-state index contributed by atoms with van der Waals surface area (Å²) in [4.78, 5) is 12.8. The van der Waals surface area contributed by atoms with E-state index < -0.39 is 61.5 Å². The third kappa shape index (κ3) is 19.8. The first kappa shape index (κ1) is 43.4. The number of allylic oxidation sites excluding steroid dienone is 5. The Morgan fingerprint density at radius 1 is 0.723 bits per heavy atom. The number of aliphatic hydroxyl groups excluding tert-OH is 6. The van der Waals surface area contributed by atoms with Crippen molar-refractivity contribution in [3.05, 3.63) is 36.5 Å². The van der Waals surface area contributed by atoms with Crippen LogP contribution in [-0.4, -0.2) is 98.7 Å². The van der Waals surface area contributed by atoms with Crippen LogP contribution in [-0.2, 0) is 14.3 Å². The molecule has 0 aromatic heterocycles. The van der Waals surface area contributed by atoms with Gasteiger partial charge in [0.05, 0.1) is 25.4 Å². The fourth-order valence-corrected chi connectivity index (χ4v) is 5.41. The SMILES string of the molecule is CCCCCC/C=C\CCC(O)C(=O)NC(COC1OC(CO)C(O)C(O)C1O)C(O)/C=C/CC/C=C/CCCCCCCCCC. The van der Waals surface area contributed by atoms with Crippen LogP contribution in [0, 0.1) is 0 Å². The van der Waals surface area contributed by atoms with Crippen LogP contribution in [0.4, 0.5) is 0 Å². The van der Waals surface area contributed by atoms with Crippen LogP contribution in [0.5, 0.6) is 0 Å². The predicted octanol–water partition coefficient (Wildman–Crippen LogP) is 4.74. The van der Waals surface area contributed by atoms with Crippen molar-refractivity contribution in [2.75, 3.05) is 13.2 Å². The number of aliphatic hydroxyl groups is 6. The van der Waals surface area contributed by atoms with E-state index in [1.165, 1.54) is 70.6 Å². The molecule has 0 spiro atoms. The third-order valence-corrected chi connectivity index (χ3v) is 8.55. The van der Waals surface area contributed by atoms with Gasteiger partial charge in [0.25, 0.3) is 0 Å². The Balaban J connectivity index is 2.61. The second-order valence-corrected chi connectivity index (χ2v) is 12.8. The lowest BCUT2D eigenvalue weighted by atomic mass is 9.99. The van der Waals surface area contributed by atoms with Crippen molar-refractivity contribution in [1.29, 1.82) is 0 Å². The van der Waals surface area contributed by atoms with Crippen molar-refractivity contribution >= 4 is 5.91 Å². The van der Waals surface area contributed by atoms with E-state index in [2.05, 4.69) is 37.4 Å². The van der Waals surface area contributed by atoms with Crippen molar-refractivity contribution in [2.24, 2.45) is 0 Å². The molecule has 1 amide bonds. The van der Waals surface area contributed by atoms with Gasteiger partial charge in [0.2, 0.25) is 5.91 Å². The summed E-state index contributed by atoms with van der Waals surface area (Å²) < 4.78 is 11.0. The molecule has 0 aromatic rings. The van der Waals surface area contributed by atoms with Crippen LogP contribution in [0.15, 0.2) is 36.5 Å². The van der Waals surface area contributed by atoms with E-state index >= 15 is 0 Å². The van der Waals surface area contributed by atoms with Gasteiger partial charge in [-0.2, -0.15) is 0 Å². The van der Waals surface area contributed by atoms with Crippen LogP contribution >= 0.6 is 0 Å². The van der Waals surface area contributed by atoms with Crippen LogP contribution in [0.2, 0.25) is 0 Å². The molecule has 0 radical (unpaired) electrons. The van der Waals surface area contributed by atoms with Crippen molar-refractivity contribution in [1.82, 2.24) is 5.32 Å². The van der Waals surface area contributed by atoms with Gasteiger partial charge in [-0.25, -0.2) is 0 Å². The first-order valence-corrected chi connectivity index (χ1v) is 18.3. The normalized spacial score (nSPS) is 24.0. The van der Waals surface area contributed by atoms with Gasteiger partial charge in [-0.1, -0.05) is 115 Å². The average Bonchev–Trinajstić information content (AvgIpc) is 3.07. The molecule has 0 saturated carbocycles. The Bertz CT molecular complexity index is 850. The lowest BCUT2D eigenvalue weighted by Crippen LogP contribution is -2.60. The van der Waals surface area contributed by atoms with Crippen molar-refractivity contribution in [3.63, 3.8) is 0 Å². The van der Waals surface area contributed by atoms with E-state index in [0.717, 1.165) is 25.7 Å². The van der Waals surface area contributed by atoms with E-state index in [1.807, 2.05) is 12.2 Å². The second-order valence-electron chi connectivity index (χ2n) is 12.8. The van der Waals surface area contributed by atoms with Gasteiger partial charge >= 0.3 is 0 Å². The van der Waals surface area contributed by atoms with E-state index in [1.54, 1.807) is 6.08 Å². The molecule has 1 saturated heterocycles. The number of carbonyl (C=O) groups excluding carboxylic acids is 1.